The zero-order chi connectivity index (χ0) is 15.3. The molecule has 3 nitrogen and oxygen atoms in total. The Bertz CT molecular complexity index is 431. The van der Waals surface area contributed by atoms with Crippen LogP contribution in [0.15, 0.2) is 24.3 Å². The van der Waals surface area contributed by atoms with Crippen LogP contribution in [0.25, 0.3) is 0 Å². The average molecular weight is 342 g/mol. The van der Waals surface area contributed by atoms with Gasteiger partial charge >= 0.3 is 0 Å². The molecule has 2 N–H and O–H groups in total. The highest BCUT2D eigenvalue weighted by atomic mass is 35.5. The van der Waals surface area contributed by atoms with Gasteiger partial charge in [0.25, 0.3) is 0 Å². The monoisotopic (exact) mass is 341 g/mol. The number of anilines is 2. The molecule has 1 aromatic rings. The molecule has 126 valence electrons. The Morgan fingerprint density at radius 3 is 2.32 bits per heavy atom. The van der Waals surface area contributed by atoms with Crippen molar-refractivity contribution in [2.45, 2.75) is 38.5 Å². The van der Waals surface area contributed by atoms with Crippen LogP contribution in [-0.4, -0.2) is 45.7 Å². The highest BCUT2D eigenvalue weighted by Crippen LogP contribution is 2.19. The first-order valence-electron chi connectivity index (χ1n) is 8.27. The summed E-state index contributed by atoms with van der Waals surface area (Å²) in [5.74, 6) is 0. The van der Waals surface area contributed by atoms with Gasteiger partial charge in [-0.2, -0.15) is 0 Å². The van der Waals surface area contributed by atoms with E-state index in [0.717, 1.165) is 18.8 Å². The largest absolute Gasteiger partial charge is 0.399 e. The molecule has 1 aromatic carbocycles. The van der Waals surface area contributed by atoms with Crippen LogP contribution in [0.1, 0.15) is 12.8 Å². The van der Waals surface area contributed by atoms with E-state index >= 15 is 0 Å². The lowest BCUT2D eigenvalue weighted by Crippen LogP contribution is -2.32. The van der Waals surface area contributed by atoms with Crippen molar-refractivity contribution in [2.24, 2.45) is 0 Å². The molecule has 1 saturated heterocycles. The number of hydrogen-bond donors (Lipinski definition) is 1. The van der Waals surface area contributed by atoms with Crippen molar-refractivity contribution >= 4 is 31.9 Å². The Morgan fingerprint density at radius 1 is 1.00 bits per heavy atom. The van der Waals surface area contributed by atoms with Gasteiger partial charge in [0.1, 0.15) is 0 Å². The highest BCUT2D eigenvalue weighted by Gasteiger charge is 2.17. The number of benzene rings is 1. The second kappa shape index (κ2) is 8.80. The molecule has 0 aromatic heterocycles. The predicted octanol–water partition coefficient (Wildman–Crippen LogP) is 3.93. The summed E-state index contributed by atoms with van der Waals surface area (Å²) in [6, 6.07) is 9.76. The Labute approximate surface area is 143 Å². The van der Waals surface area contributed by atoms with Gasteiger partial charge in [-0.1, -0.05) is 25.7 Å². The van der Waals surface area contributed by atoms with E-state index in [4.69, 9.17) is 5.73 Å². The van der Waals surface area contributed by atoms with Crippen molar-refractivity contribution < 1.29 is 0 Å². The summed E-state index contributed by atoms with van der Waals surface area (Å²) in [7, 11) is -0.875. The van der Waals surface area contributed by atoms with Gasteiger partial charge in [-0.3, -0.25) is 0 Å². The zero-order valence-corrected chi connectivity index (χ0v) is 16.2. The van der Waals surface area contributed by atoms with Gasteiger partial charge in [-0.05, 0) is 50.2 Å². The lowest BCUT2D eigenvalue weighted by Gasteiger charge is -2.24. The molecule has 1 aliphatic rings. The van der Waals surface area contributed by atoms with Crippen LogP contribution in [-0.2, 0) is 0 Å². The summed E-state index contributed by atoms with van der Waals surface area (Å²) >= 11 is 0. The van der Waals surface area contributed by atoms with E-state index in [2.05, 4.69) is 41.6 Å². The Kier molecular flexibility index (Phi) is 7.73. The van der Waals surface area contributed by atoms with Crippen LogP contribution in [0.5, 0.6) is 0 Å². The molecular formula is C17H32ClN3Si. The predicted molar refractivity (Wildman–Crippen MR) is 104 cm³/mol. The van der Waals surface area contributed by atoms with E-state index in [-0.39, 0.29) is 12.4 Å². The van der Waals surface area contributed by atoms with E-state index in [1.54, 1.807) is 0 Å². The van der Waals surface area contributed by atoms with Gasteiger partial charge in [0, 0.05) is 39.1 Å². The van der Waals surface area contributed by atoms with Gasteiger partial charge in [0.2, 0.25) is 0 Å². The molecule has 0 aliphatic carbocycles. The fourth-order valence-electron chi connectivity index (χ4n) is 2.97. The standard InChI is InChI=1S/C17H31N3Si.ClH/c1-21(2,3)15-5-11-19-10-4-12-20(14-13-19)17-8-6-16(18)7-9-17;/h6-9H,4-5,10-15,18H2,1-3H3;1H. The Morgan fingerprint density at radius 2 is 1.68 bits per heavy atom. The minimum atomic E-state index is -0.875. The zero-order valence-electron chi connectivity index (χ0n) is 14.3. The summed E-state index contributed by atoms with van der Waals surface area (Å²) in [6.07, 6.45) is 2.63. The first-order valence-corrected chi connectivity index (χ1v) is 12.0. The third kappa shape index (κ3) is 6.59. The molecule has 0 spiro atoms. The van der Waals surface area contributed by atoms with E-state index in [1.807, 2.05) is 12.1 Å². The lowest BCUT2D eigenvalue weighted by atomic mass is 10.2. The summed E-state index contributed by atoms with van der Waals surface area (Å²) in [4.78, 5) is 5.15. The quantitative estimate of drug-likeness (QED) is 0.650. The van der Waals surface area contributed by atoms with Crippen molar-refractivity contribution in [1.29, 1.82) is 0 Å². The van der Waals surface area contributed by atoms with E-state index in [0.29, 0.717) is 0 Å². The van der Waals surface area contributed by atoms with Crippen molar-refractivity contribution in [1.82, 2.24) is 4.90 Å². The fraction of sp³-hybridized carbons (Fsp3) is 0.647. The van der Waals surface area contributed by atoms with Crippen LogP contribution >= 0.6 is 12.4 Å². The molecule has 0 bridgehead atoms. The van der Waals surface area contributed by atoms with Gasteiger partial charge in [-0.25, -0.2) is 0 Å². The summed E-state index contributed by atoms with van der Waals surface area (Å²) in [6.45, 7) is 13.4. The number of nitrogen functional groups attached to an aromatic ring is 1. The molecule has 1 heterocycles. The van der Waals surface area contributed by atoms with Gasteiger partial charge in [-0.15, -0.1) is 12.4 Å². The molecule has 5 heteroatoms. The second-order valence-corrected chi connectivity index (χ2v) is 13.1. The average Bonchev–Trinajstić information content (AvgIpc) is 2.64. The molecule has 0 unspecified atom stereocenters. The Balaban J connectivity index is 0.00000242. The number of halogens is 1. The van der Waals surface area contributed by atoms with Crippen molar-refractivity contribution in [2.75, 3.05) is 43.4 Å². The highest BCUT2D eigenvalue weighted by molar-refractivity contribution is 6.76. The topological polar surface area (TPSA) is 32.5 Å². The molecule has 0 saturated carbocycles. The third-order valence-corrected chi connectivity index (χ3v) is 6.10. The second-order valence-electron chi connectivity index (χ2n) is 7.44. The molecule has 1 fully saturated rings. The van der Waals surface area contributed by atoms with E-state index in [9.17, 15) is 0 Å². The van der Waals surface area contributed by atoms with Crippen LogP contribution in [0.3, 0.4) is 0 Å². The number of nitrogens with two attached hydrogens (primary N) is 1. The molecule has 2 rings (SSSR count). The molecular weight excluding hydrogens is 310 g/mol. The van der Waals surface area contributed by atoms with Crippen molar-refractivity contribution in [3.8, 4) is 0 Å². The van der Waals surface area contributed by atoms with Crippen molar-refractivity contribution in [3.63, 3.8) is 0 Å². The van der Waals surface area contributed by atoms with Gasteiger partial charge < -0.3 is 15.5 Å². The molecule has 1 aliphatic heterocycles. The summed E-state index contributed by atoms with van der Waals surface area (Å²) < 4.78 is 0. The maximum Gasteiger partial charge on any atom is 0.0443 e. The van der Waals surface area contributed by atoms with Gasteiger partial charge in [0.05, 0.1) is 0 Å². The normalized spacial score (nSPS) is 17.0. The molecule has 0 amide bonds. The Hall–Kier alpha value is -0.713. The third-order valence-electron chi connectivity index (χ3n) is 4.25. The van der Waals surface area contributed by atoms with Gasteiger partial charge in [0.15, 0.2) is 0 Å². The van der Waals surface area contributed by atoms with Crippen LogP contribution < -0.4 is 10.6 Å². The first kappa shape index (κ1) is 19.3. The van der Waals surface area contributed by atoms with Crippen LogP contribution in [0.4, 0.5) is 11.4 Å². The van der Waals surface area contributed by atoms with E-state index in [1.165, 1.54) is 44.2 Å². The maximum absolute atomic E-state index is 5.78. The minimum absolute atomic E-state index is 0. The molecule has 0 atom stereocenters. The van der Waals surface area contributed by atoms with Crippen molar-refractivity contribution in [3.05, 3.63) is 24.3 Å². The first-order chi connectivity index (χ1) is 9.94. The van der Waals surface area contributed by atoms with E-state index < -0.39 is 8.07 Å². The van der Waals surface area contributed by atoms with Crippen LogP contribution in [0, 0.1) is 0 Å². The fourth-order valence-corrected chi connectivity index (χ4v) is 4.19. The smallest absolute Gasteiger partial charge is 0.0443 e. The molecule has 0 radical (unpaired) electrons. The lowest BCUT2D eigenvalue weighted by molar-refractivity contribution is 0.294. The summed E-state index contributed by atoms with van der Waals surface area (Å²) in [5.41, 5.74) is 7.94. The van der Waals surface area contributed by atoms with Crippen LogP contribution in [0.2, 0.25) is 25.7 Å². The SMILES string of the molecule is C[Si](C)(C)CCCN1CCCN(c2ccc(N)cc2)CC1.Cl. The number of hydrogen-bond acceptors (Lipinski definition) is 3. The maximum atomic E-state index is 5.78. The molecule has 22 heavy (non-hydrogen) atoms. The number of rotatable bonds is 5. The summed E-state index contributed by atoms with van der Waals surface area (Å²) in [5, 5.41) is 0. The number of nitrogens with zero attached hydrogens (tertiary/aromatic N) is 2. The minimum Gasteiger partial charge on any atom is -0.399 e.